The molecule has 2 aromatic rings. The Morgan fingerprint density at radius 3 is 2.51 bits per heavy atom. The van der Waals surface area contributed by atoms with Gasteiger partial charge in [-0.15, -0.1) is 0 Å². The molecule has 37 heavy (non-hydrogen) atoms. The van der Waals surface area contributed by atoms with Crippen molar-refractivity contribution in [2.24, 2.45) is 5.92 Å². The Morgan fingerprint density at radius 2 is 1.84 bits per heavy atom. The fourth-order valence-corrected chi connectivity index (χ4v) is 5.37. The van der Waals surface area contributed by atoms with Crippen LogP contribution in [0, 0.1) is 12.8 Å². The van der Waals surface area contributed by atoms with Crippen molar-refractivity contribution in [2.45, 2.75) is 70.6 Å². The third-order valence-corrected chi connectivity index (χ3v) is 7.53. The molecule has 2 unspecified atom stereocenters. The molecule has 0 aromatic heterocycles. The number of amides is 1. The van der Waals surface area contributed by atoms with Crippen molar-refractivity contribution in [2.75, 3.05) is 18.6 Å². The minimum atomic E-state index is -1.04. The van der Waals surface area contributed by atoms with Crippen LogP contribution < -0.4 is 24.2 Å². The average molecular weight is 521 g/mol. The van der Waals surface area contributed by atoms with Crippen LogP contribution in [-0.2, 0) is 16.1 Å². The smallest absolute Gasteiger partial charge is 0.480 e. The number of benzene rings is 2. The van der Waals surface area contributed by atoms with E-state index in [1.807, 2.05) is 49.6 Å². The van der Waals surface area contributed by atoms with E-state index >= 15 is 0 Å². The van der Waals surface area contributed by atoms with Crippen molar-refractivity contribution >= 4 is 23.6 Å². The van der Waals surface area contributed by atoms with E-state index in [1.54, 1.807) is 17.8 Å². The third kappa shape index (κ3) is 9.81. The van der Waals surface area contributed by atoms with Crippen molar-refractivity contribution in [1.29, 1.82) is 0 Å². The van der Waals surface area contributed by atoms with E-state index in [9.17, 15) is 19.8 Å². The van der Waals surface area contributed by atoms with Crippen LogP contribution in [-0.4, -0.2) is 52.9 Å². The molecule has 0 aliphatic heterocycles. The fraction of sp³-hybridized carbons (Fsp3) is 0.517. The summed E-state index contributed by atoms with van der Waals surface area (Å²) in [5.41, 5.74) is 4.00. The second-order valence-corrected chi connectivity index (χ2v) is 10.7. The van der Waals surface area contributed by atoms with Gasteiger partial charge < -0.3 is 20.3 Å². The Kier molecular flexibility index (Phi) is 13.8. The van der Waals surface area contributed by atoms with Crippen LogP contribution in [0.4, 0.5) is 0 Å². The van der Waals surface area contributed by atoms with Crippen molar-refractivity contribution in [3.05, 3.63) is 59.2 Å². The molecule has 2 atom stereocenters. The maximum Gasteiger partial charge on any atom is 1.00 e. The Bertz CT molecular complexity index is 1010. The molecule has 0 saturated heterocycles. The predicted octanol–water partition coefficient (Wildman–Crippen LogP) is 2.45. The molecular weight excluding hydrogens is 481 g/mol. The van der Waals surface area contributed by atoms with Crippen LogP contribution in [0.15, 0.2) is 42.5 Å². The van der Waals surface area contributed by atoms with Crippen LogP contribution in [0.25, 0.3) is 11.1 Å². The van der Waals surface area contributed by atoms with E-state index in [-0.39, 0.29) is 25.5 Å². The number of aryl methyl sites for hydroxylation is 1. The molecule has 0 spiro atoms. The van der Waals surface area contributed by atoms with Crippen molar-refractivity contribution in [1.82, 2.24) is 5.32 Å². The molecule has 0 radical (unpaired) electrons. The molecule has 3 rings (SSSR count). The van der Waals surface area contributed by atoms with Gasteiger partial charge in [-0.1, -0.05) is 62.4 Å². The first-order chi connectivity index (χ1) is 17.4. The average Bonchev–Trinajstić information content (AvgIpc) is 2.87. The third-order valence-electron chi connectivity index (χ3n) is 6.89. The molecule has 1 saturated carbocycles. The number of nitrogens with one attached hydrogen (secondary N) is 1. The monoisotopic (exact) mass is 520 g/mol. The number of thioether (sulfide) groups is 1. The zero-order chi connectivity index (χ0) is 25.9. The summed E-state index contributed by atoms with van der Waals surface area (Å²) in [6, 6.07) is 12.4. The maximum absolute atomic E-state index is 13.2. The number of carbonyl (C=O) groups is 2. The van der Waals surface area contributed by atoms with Crippen LogP contribution in [0.5, 0.6) is 0 Å². The van der Waals surface area contributed by atoms with E-state index in [1.165, 1.54) is 32.1 Å². The number of rotatable bonds is 13. The van der Waals surface area contributed by atoms with Crippen LogP contribution >= 0.6 is 11.8 Å². The Hall–Kier alpha value is -1.75. The SMILES string of the molecule is CSCCC(NC(=O)c1ccc(COCC(O)CC2CCCCC2)cc1-c1ccccc1C)C(=O)O.[Li+]. The number of carboxylic acids is 1. The number of hydrogen-bond donors (Lipinski definition) is 3. The number of carbonyl (C=O) groups excluding carboxylic acids is 1. The summed E-state index contributed by atoms with van der Waals surface area (Å²) in [5.74, 6) is -0.206. The number of hydrogen-bond acceptors (Lipinski definition) is 5. The van der Waals surface area contributed by atoms with Crippen LogP contribution in [0.3, 0.4) is 0 Å². The predicted molar refractivity (Wildman–Crippen MR) is 145 cm³/mol. The maximum atomic E-state index is 13.2. The Balaban J connectivity index is 0.00000481. The molecule has 6 nitrogen and oxygen atoms in total. The minimum absolute atomic E-state index is 0. The summed E-state index contributed by atoms with van der Waals surface area (Å²) < 4.78 is 5.85. The van der Waals surface area contributed by atoms with Gasteiger partial charge in [-0.25, -0.2) is 4.79 Å². The summed E-state index contributed by atoms with van der Waals surface area (Å²) in [6.07, 6.45) is 8.78. The van der Waals surface area contributed by atoms with Crippen LogP contribution in [0.2, 0.25) is 0 Å². The number of aliphatic carboxylic acids is 1. The van der Waals surface area contributed by atoms with Crippen molar-refractivity contribution in [3.8, 4) is 11.1 Å². The molecule has 1 aliphatic rings. The number of ether oxygens (including phenoxy) is 1. The van der Waals surface area contributed by atoms with Gasteiger partial charge in [0.15, 0.2) is 0 Å². The van der Waals surface area contributed by atoms with E-state index in [2.05, 4.69) is 5.32 Å². The minimum Gasteiger partial charge on any atom is -0.480 e. The molecule has 3 N–H and O–H groups in total. The van der Waals surface area contributed by atoms with Gasteiger partial charge >= 0.3 is 24.8 Å². The van der Waals surface area contributed by atoms with Gasteiger partial charge in [0, 0.05) is 5.56 Å². The first-order valence-corrected chi connectivity index (χ1v) is 14.3. The van der Waals surface area contributed by atoms with Gasteiger partial charge in [-0.05, 0) is 72.1 Å². The number of aliphatic hydroxyl groups is 1. The summed E-state index contributed by atoms with van der Waals surface area (Å²) in [4.78, 5) is 24.9. The zero-order valence-corrected chi connectivity index (χ0v) is 23.2. The van der Waals surface area contributed by atoms with Gasteiger partial charge in [-0.2, -0.15) is 11.8 Å². The van der Waals surface area contributed by atoms with Gasteiger partial charge in [0.1, 0.15) is 6.04 Å². The molecule has 0 bridgehead atoms. The zero-order valence-electron chi connectivity index (χ0n) is 22.4. The van der Waals surface area contributed by atoms with Gasteiger partial charge in [0.2, 0.25) is 0 Å². The summed E-state index contributed by atoms with van der Waals surface area (Å²) in [7, 11) is 0. The van der Waals surface area contributed by atoms with E-state index in [0.717, 1.165) is 28.7 Å². The molecule has 0 heterocycles. The Morgan fingerprint density at radius 1 is 1.11 bits per heavy atom. The largest absolute Gasteiger partial charge is 1.00 e. The first-order valence-electron chi connectivity index (χ1n) is 12.9. The molecule has 1 amide bonds. The molecule has 196 valence electrons. The van der Waals surface area contributed by atoms with E-state index in [0.29, 0.717) is 30.3 Å². The number of carboxylic acid groups (broad SMARTS) is 1. The van der Waals surface area contributed by atoms with Gasteiger partial charge in [-0.3, -0.25) is 4.79 Å². The summed E-state index contributed by atoms with van der Waals surface area (Å²) in [6.45, 7) is 2.60. The summed E-state index contributed by atoms with van der Waals surface area (Å²) in [5, 5.41) is 22.7. The Labute approximate surface area is 237 Å². The standard InChI is InChI=1S/C29H39NO5S.Li/c1-20-8-6-7-11-24(20)26-17-22(18-35-19-23(31)16-21-9-4-3-5-10-21)12-13-25(26)28(32)30-27(29(33)34)14-15-36-2;/h6-8,11-13,17,21,23,27,31H,3-5,9-10,14-16,18-19H2,1-2H3,(H,30,32)(H,33,34);/q;+1. The molecular formula is C29H39LiNO5S+. The second-order valence-electron chi connectivity index (χ2n) is 9.75. The van der Waals surface area contributed by atoms with Crippen molar-refractivity contribution < 1.29 is 43.4 Å². The summed E-state index contributed by atoms with van der Waals surface area (Å²) >= 11 is 1.55. The van der Waals surface area contributed by atoms with E-state index < -0.39 is 24.0 Å². The van der Waals surface area contributed by atoms with Crippen molar-refractivity contribution in [3.63, 3.8) is 0 Å². The fourth-order valence-electron chi connectivity index (χ4n) is 4.89. The van der Waals surface area contributed by atoms with Crippen LogP contribution in [0.1, 0.15) is 66.4 Å². The molecule has 8 heteroatoms. The van der Waals surface area contributed by atoms with Gasteiger partial charge in [0.05, 0.1) is 19.3 Å². The normalized spacial score (nSPS) is 15.4. The first kappa shape index (κ1) is 31.5. The molecule has 1 aliphatic carbocycles. The van der Waals surface area contributed by atoms with E-state index in [4.69, 9.17) is 4.74 Å². The molecule has 2 aromatic carbocycles. The quantitative estimate of drug-likeness (QED) is 0.351. The van der Waals surface area contributed by atoms with Gasteiger partial charge in [0.25, 0.3) is 5.91 Å². The number of aliphatic hydroxyl groups excluding tert-OH is 1. The topological polar surface area (TPSA) is 95.9 Å². The second kappa shape index (κ2) is 16.3. The molecule has 1 fully saturated rings.